The van der Waals surface area contributed by atoms with E-state index in [0.717, 1.165) is 0 Å². The molecule has 0 atom stereocenters. The van der Waals surface area contributed by atoms with E-state index >= 15 is 0 Å². The zero-order chi connectivity index (χ0) is 11.5. The summed E-state index contributed by atoms with van der Waals surface area (Å²) < 4.78 is 4.70. The van der Waals surface area contributed by atoms with Crippen LogP contribution in [0.1, 0.15) is 16.5 Å². The van der Waals surface area contributed by atoms with Gasteiger partial charge in [0.05, 0.1) is 0 Å². The van der Waals surface area contributed by atoms with Gasteiger partial charge in [-0.25, -0.2) is 0 Å². The predicted molar refractivity (Wildman–Crippen MR) is 57.8 cm³/mol. The molecule has 1 aromatic heterocycles. The number of hydrogen-bond donors (Lipinski definition) is 2. The van der Waals surface area contributed by atoms with Crippen LogP contribution in [-0.2, 0) is 0 Å². The number of hydrogen-bond acceptors (Lipinski definition) is 5. The van der Waals surface area contributed by atoms with Crippen LogP contribution in [0.5, 0.6) is 0 Å². The van der Waals surface area contributed by atoms with Crippen LogP contribution in [0.15, 0.2) is 28.8 Å². The van der Waals surface area contributed by atoms with Crippen molar-refractivity contribution >= 4 is 17.3 Å². The van der Waals surface area contributed by atoms with Gasteiger partial charge in [0.15, 0.2) is 0 Å². The van der Waals surface area contributed by atoms with Gasteiger partial charge in [0.1, 0.15) is 0 Å². The normalized spacial score (nSPS) is 10.1. The zero-order valence-electron chi connectivity index (χ0n) is 8.60. The second kappa shape index (κ2) is 4.01. The first kappa shape index (κ1) is 10.2. The number of nitrogens with one attached hydrogen (secondary N) is 1. The van der Waals surface area contributed by atoms with Gasteiger partial charge >= 0.3 is 0 Å². The lowest BCUT2D eigenvalue weighted by atomic mass is 10.3. The van der Waals surface area contributed by atoms with Crippen LogP contribution in [0.4, 0.5) is 11.4 Å². The Hall–Kier alpha value is -2.37. The maximum Gasteiger partial charge on any atom is 0.297 e. The fourth-order valence-corrected chi connectivity index (χ4v) is 1.19. The van der Waals surface area contributed by atoms with Gasteiger partial charge in [-0.15, -0.1) is 0 Å². The van der Waals surface area contributed by atoms with Crippen LogP contribution in [0.3, 0.4) is 0 Å². The first-order valence-electron chi connectivity index (χ1n) is 4.62. The average Bonchev–Trinajstić information content (AvgIpc) is 2.65. The maximum atomic E-state index is 11.6. The van der Waals surface area contributed by atoms with Crippen LogP contribution in [-0.4, -0.2) is 16.0 Å². The first-order valence-corrected chi connectivity index (χ1v) is 4.62. The van der Waals surface area contributed by atoms with Crippen LogP contribution < -0.4 is 11.1 Å². The third-order valence-electron chi connectivity index (χ3n) is 1.88. The smallest absolute Gasteiger partial charge is 0.297 e. The number of carbonyl (C=O) groups is 1. The molecule has 0 aliphatic rings. The summed E-state index contributed by atoms with van der Waals surface area (Å²) in [4.78, 5) is 15.4. The largest absolute Gasteiger partial charge is 0.399 e. The van der Waals surface area contributed by atoms with Gasteiger partial charge in [0.25, 0.3) is 11.7 Å². The quantitative estimate of drug-likeness (QED) is 0.739. The number of rotatable bonds is 2. The van der Waals surface area contributed by atoms with Crippen molar-refractivity contribution < 1.29 is 9.32 Å². The summed E-state index contributed by atoms with van der Waals surface area (Å²) in [5.41, 5.74) is 6.74. The monoisotopic (exact) mass is 218 g/mol. The highest BCUT2D eigenvalue weighted by Gasteiger charge is 2.12. The maximum absolute atomic E-state index is 11.6. The lowest BCUT2D eigenvalue weighted by Gasteiger charge is -2.02. The molecule has 3 N–H and O–H groups in total. The summed E-state index contributed by atoms with van der Waals surface area (Å²) in [6.45, 7) is 1.62. The minimum absolute atomic E-state index is 0.0000699. The van der Waals surface area contributed by atoms with E-state index in [2.05, 4.69) is 15.5 Å². The molecule has 0 saturated heterocycles. The summed E-state index contributed by atoms with van der Waals surface area (Å²) in [5, 5.41) is 6.11. The number of nitrogens with two attached hydrogens (primary N) is 1. The zero-order valence-corrected chi connectivity index (χ0v) is 8.60. The molecule has 0 fully saturated rings. The van der Waals surface area contributed by atoms with Crippen LogP contribution in [0.2, 0.25) is 0 Å². The molecule has 0 spiro atoms. The molecular weight excluding hydrogens is 208 g/mol. The van der Waals surface area contributed by atoms with Crippen molar-refractivity contribution in [3.63, 3.8) is 0 Å². The van der Waals surface area contributed by atoms with Crippen LogP contribution in [0, 0.1) is 6.92 Å². The molecule has 0 unspecified atom stereocenters. The Morgan fingerprint density at radius 2 is 2.31 bits per heavy atom. The van der Waals surface area contributed by atoms with E-state index < -0.39 is 5.91 Å². The molecule has 2 aromatic rings. The number of nitrogen functional groups attached to an aromatic ring is 1. The van der Waals surface area contributed by atoms with Gasteiger partial charge in [-0.3, -0.25) is 4.79 Å². The van der Waals surface area contributed by atoms with E-state index in [0.29, 0.717) is 17.3 Å². The summed E-state index contributed by atoms with van der Waals surface area (Å²) in [6.07, 6.45) is 0. The number of aromatic nitrogens is 2. The Labute approximate surface area is 91.5 Å². The minimum Gasteiger partial charge on any atom is -0.399 e. The van der Waals surface area contributed by atoms with Crippen molar-refractivity contribution in [1.82, 2.24) is 10.1 Å². The van der Waals surface area contributed by atoms with Crippen molar-refractivity contribution in [3.05, 3.63) is 36.0 Å². The molecule has 1 amide bonds. The van der Waals surface area contributed by atoms with Gasteiger partial charge < -0.3 is 15.6 Å². The highest BCUT2D eigenvalue weighted by molar-refractivity contribution is 6.01. The molecule has 6 heteroatoms. The van der Waals surface area contributed by atoms with Crippen molar-refractivity contribution in [2.75, 3.05) is 11.1 Å². The number of benzene rings is 1. The third-order valence-corrected chi connectivity index (χ3v) is 1.88. The van der Waals surface area contributed by atoms with Crippen LogP contribution in [0.25, 0.3) is 0 Å². The second-order valence-electron chi connectivity index (χ2n) is 3.22. The Morgan fingerprint density at radius 1 is 1.50 bits per heavy atom. The standard InChI is InChI=1S/C10H10N4O2/c1-6-12-9(14-16-6)10(15)13-8-4-2-3-7(11)5-8/h2-5H,11H2,1H3,(H,13,15). The highest BCUT2D eigenvalue weighted by Crippen LogP contribution is 2.12. The van der Waals surface area contributed by atoms with Gasteiger partial charge in [-0.05, 0) is 18.2 Å². The van der Waals surface area contributed by atoms with Crippen LogP contribution >= 0.6 is 0 Å². The average molecular weight is 218 g/mol. The first-order chi connectivity index (χ1) is 7.65. The fraction of sp³-hybridized carbons (Fsp3) is 0.100. The molecule has 0 saturated carbocycles. The molecule has 0 aliphatic heterocycles. The van der Waals surface area contributed by atoms with Crippen molar-refractivity contribution in [1.29, 1.82) is 0 Å². The molecule has 2 rings (SSSR count). The molecule has 0 radical (unpaired) electrons. The van der Waals surface area contributed by atoms with E-state index in [-0.39, 0.29) is 5.82 Å². The molecule has 0 bridgehead atoms. The Morgan fingerprint density at radius 3 is 2.94 bits per heavy atom. The SMILES string of the molecule is Cc1nc(C(=O)Nc2cccc(N)c2)no1. The molecule has 1 aromatic carbocycles. The van der Waals surface area contributed by atoms with E-state index in [1.807, 2.05) is 0 Å². The third kappa shape index (κ3) is 2.17. The highest BCUT2D eigenvalue weighted by atomic mass is 16.5. The Kier molecular flexibility index (Phi) is 2.55. The summed E-state index contributed by atoms with van der Waals surface area (Å²) >= 11 is 0. The van der Waals surface area contributed by atoms with Gasteiger partial charge in [-0.2, -0.15) is 4.98 Å². The summed E-state index contributed by atoms with van der Waals surface area (Å²) in [5.74, 6) is -0.0832. The summed E-state index contributed by atoms with van der Waals surface area (Å²) in [7, 11) is 0. The fourth-order valence-electron chi connectivity index (χ4n) is 1.19. The molecule has 6 nitrogen and oxygen atoms in total. The second-order valence-corrected chi connectivity index (χ2v) is 3.22. The number of carbonyl (C=O) groups excluding carboxylic acids is 1. The van der Waals surface area contributed by atoms with Crippen molar-refractivity contribution in [2.45, 2.75) is 6.92 Å². The van der Waals surface area contributed by atoms with Gasteiger partial charge in [0, 0.05) is 18.3 Å². The topological polar surface area (TPSA) is 94.0 Å². The predicted octanol–water partition coefficient (Wildman–Crippen LogP) is 1.21. The van der Waals surface area contributed by atoms with Gasteiger partial charge in [0.2, 0.25) is 5.89 Å². The Bertz CT molecular complexity index is 521. The summed E-state index contributed by atoms with van der Waals surface area (Å²) in [6, 6.07) is 6.84. The lowest BCUT2D eigenvalue weighted by Crippen LogP contribution is -2.13. The number of amides is 1. The minimum atomic E-state index is -0.428. The molecule has 82 valence electrons. The number of anilines is 2. The molecule has 1 heterocycles. The van der Waals surface area contributed by atoms with Crippen molar-refractivity contribution in [3.8, 4) is 0 Å². The Balaban J connectivity index is 2.13. The number of nitrogens with zero attached hydrogens (tertiary/aromatic N) is 2. The molecule has 16 heavy (non-hydrogen) atoms. The number of aryl methyl sites for hydroxylation is 1. The van der Waals surface area contributed by atoms with E-state index in [1.54, 1.807) is 31.2 Å². The lowest BCUT2D eigenvalue weighted by molar-refractivity contribution is 0.101. The van der Waals surface area contributed by atoms with E-state index in [4.69, 9.17) is 10.3 Å². The molecular formula is C10H10N4O2. The van der Waals surface area contributed by atoms with E-state index in [1.165, 1.54) is 0 Å². The molecule has 0 aliphatic carbocycles. The van der Waals surface area contributed by atoms with E-state index in [9.17, 15) is 4.79 Å². The van der Waals surface area contributed by atoms with Gasteiger partial charge in [-0.1, -0.05) is 11.2 Å². The van der Waals surface area contributed by atoms with Crippen molar-refractivity contribution in [2.24, 2.45) is 0 Å².